The second-order valence-corrected chi connectivity index (χ2v) is 7.32. The lowest BCUT2D eigenvalue weighted by atomic mass is 10.2. The third-order valence-electron chi connectivity index (χ3n) is 4.67. The van der Waals surface area contributed by atoms with E-state index in [9.17, 15) is 24.5 Å². The van der Waals surface area contributed by atoms with Crippen LogP contribution in [0.5, 0.6) is 0 Å². The number of amides is 2. The summed E-state index contributed by atoms with van der Waals surface area (Å²) in [5.74, 6) is -1.78. The van der Waals surface area contributed by atoms with Gasteiger partial charge < -0.3 is 34.3 Å². The Balaban J connectivity index is 1.39. The monoisotopic (exact) mass is 527 g/mol. The number of nitro groups is 1. The number of anilines is 1. The highest BCUT2D eigenvalue weighted by molar-refractivity contribution is 6.01. The van der Waals surface area contributed by atoms with Crippen molar-refractivity contribution in [2.75, 3.05) is 64.7 Å². The Kier molecular flexibility index (Phi) is 13.4. The molecule has 0 spiro atoms. The van der Waals surface area contributed by atoms with Crippen LogP contribution in [-0.4, -0.2) is 92.4 Å². The molecule has 1 fully saturated rings. The van der Waals surface area contributed by atoms with E-state index < -0.39 is 22.7 Å². The summed E-state index contributed by atoms with van der Waals surface area (Å²) in [6, 6.07) is 3.96. The van der Waals surface area contributed by atoms with Crippen LogP contribution in [0.25, 0.3) is 0 Å². The SMILES string of the molecule is O=C(CCOCCOCCOCCOCCNc1ccc([N+](=O)[O-])cc1/N=N/O)ON1C(=O)CCC1=O. The first-order chi connectivity index (χ1) is 17.9. The summed E-state index contributed by atoms with van der Waals surface area (Å²) in [5.41, 5.74) is 0.409. The molecule has 0 bridgehead atoms. The largest absolute Gasteiger partial charge is 0.394 e. The van der Waals surface area contributed by atoms with Crippen LogP contribution >= 0.6 is 0 Å². The molecular weight excluding hydrogens is 498 g/mol. The van der Waals surface area contributed by atoms with Crippen molar-refractivity contribution in [1.82, 2.24) is 5.06 Å². The van der Waals surface area contributed by atoms with Gasteiger partial charge in [0.1, 0.15) is 5.69 Å². The van der Waals surface area contributed by atoms with Crippen molar-refractivity contribution in [3.8, 4) is 0 Å². The van der Waals surface area contributed by atoms with Crippen LogP contribution in [0.2, 0.25) is 0 Å². The van der Waals surface area contributed by atoms with E-state index in [1.807, 2.05) is 0 Å². The number of carbonyl (C=O) groups excluding carboxylic acids is 3. The third-order valence-corrected chi connectivity index (χ3v) is 4.67. The molecule has 0 radical (unpaired) electrons. The number of imide groups is 1. The maximum absolute atomic E-state index is 11.6. The smallest absolute Gasteiger partial charge is 0.335 e. The van der Waals surface area contributed by atoms with Gasteiger partial charge in [-0.05, 0) is 6.07 Å². The zero-order chi connectivity index (χ0) is 26.9. The van der Waals surface area contributed by atoms with Crippen molar-refractivity contribution in [3.63, 3.8) is 0 Å². The van der Waals surface area contributed by atoms with Crippen LogP contribution in [0.15, 0.2) is 28.6 Å². The van der Waals surface area contributed by atoms with Gasteiger partial charge in [0.2, 0.25) is 0 Å². The van der Waals surface area contributed by atoms with E-state index in [4.69, 9.17) is 29.0 Å². The zero-order valence-electron chi connectivity index (χ0n) is 20.0. The van der Waals surface area contributed by atoms with Gasteiger partial charge in [0.25, 0.3) is 17.5 Å². The van der Waals surface area contributed by atoms with Gasteiger partial charge >= 0.3 is 5.97 Å². The van der Waals surface area contributed by atoms with Crippen LogP contribution in [0.1, 0.15) is 19.3 Å². The maximum Gasteiger partial charge on any atom is 0.335 e. The number of benzene rings is 1. The Labute approximate surface area is 211 Å². The molecule has 1 aliphatic rings. The Morgan fingerprint density at radius 1 is 0.973 bits per heavy atom. The van der Waals surface area contributed by atoms with E-state index in [0.29, 0.717) is 56.9 Å². The van der Waals surface area contributed by atoms with Crippen molar-refractivity contribution in [2.24, 2.45) is 10.4 Å². The average molecular weight is 527 g/mol. The number of ether oxygens (including phenoxy) is 4. The Morgan fingerprint density at radius 3 is 2.11 bits per heavy atom. The Morgan fingerprint density at radius 2 is 1.54 bits per heavy atom. The highest BCUT2D eigenvalue weighted by Gasteiger charge is 2.32. The fraction of sp³-hybridized carbons (Fsp3) is 0.571. The van der Waals surface area contributed by atoms with E-state index in [2.05, 4.69) is 15.7 Å². The van der Waals surface area contributed by atoms with Gasteiger partial charge in [0.15, 0.2) is 0 Å². The van der Waals surface area contributed by atoms with E-state index in [1.165, 1.54) is 18.2 Å². The number of hydroxylamine groups is 2. The van der Waals surface area contributed by atoms with Crippen molar-refractivity contribution in [2.45, 2.75) is 19.3 Å². The van der Waals surface area contributed by atoms with Crippen LogP contribution in [0.3, 0.4) is 0 Å². The van der Waals surface area contributed by atoms with E-state index in [1.54, 1.807) is 0 Å². The van der Waals surface area contributed by atoms with Gasteiger partial charge in [0.05, 0.1) is 69.9 Å². The van der Waals surface area contributed by atoms with Crippen molar-refractivity contribution in [3.05, 3.63) is 28.3 Å². The second-order valence-electron chi connectivity index (χ2n) is 7.32. The number of carbonyl (C=O) groups is 3. The first-order valence-corrected chi connectivity index (χ1v) is 11.4. The normalized spacial score (nSPS) is 13.5. The molecule has 0 atom stereocenters. The molecule has 1 aromatic rings. The summed E-state index contributed by atoms with van der Waals surface area (Å²) in [6.07, 6.45) is -0.0109. The number of nitrogens with zero attached hydrogens (tertiary/aromatic N) is 4. The molecule has 2 rings (SSSR count). The number of nitro benzene ring substituents is 1. The molecule has 0 aromatic heterocycles. The van der Waals surface area contributed by atoms with Gasteiger partial charge in [-0.1, -0.05) is 0 Å². The van der Waals surface area contributed by atoms with Crippen LogP contribution in [-0.2, 0) is 38.2 Å². The summed E-state index contributed by atoms with van der Waals surface area (Å²) in [4.78, 5) is 49.3. The Bertz CT molecular complexity index is 927. The number of hydrogen-bond donors (Lipinski definition) is 2. The molecule has 37 heavy (non-hydrogen) atoms. The van der Waals surface area contributed by atoms with Gasteiger partial charge in [-0.3, -0.25) is 19.7 Å². The molecule has 1 heterocycles. The van der Waals surface area contributed by atoms with Gasteiger partial charge in [-0.25, -0.2) is 4.79 Å². The van der Waals surface area contributed by atoms with E-state index in [0.717, 1.165) is 0 Å². The fourth-order valence-electron chi connectivity index (χ4n) is 2.89. The number of hydrogen-bond acceptors (Lipinski definition) is 13. The van der Waals surface area contributed by atoms with Crippen LogP contribution in [0.4, 0.5) is 17.1 Å². The fourth-order valence-corrected chi connectivity index (χ4v) is 2.89. The lowest BCUT2D eigenvalue weighted by Crippen LogP contribution is -2.32. The second kappa shape index (κ2) is 16.9. The number of rotatable bonds is 19. The molecule has 2 amide bonds. The van der Waals surface area contributed by atoms with E-state index >= 15 is 0 Å². The average Bonchev–Trinajstić information content (AvgIpc) is 3.19. The third kappa shape index (κ3) is 11.2. The lowest BCUT2D eigenvalue weighted by Gasteiger charge is -2.12. The first kappa shape index (κ1) is 29.5. The molecule has 1 aromatic carbocycles. The van der Waals surface area contributed by atoms with Gasteiger partial charge in [-0.15, -0.1) is 10.2 Å². The quantitative estimate of drug-likeness (QED) is 0.0865. The van der Waals surface area contributed by atoms with Gasteiger partial charge in [0, 0.05) is 36.8 Å². The molecule has 204 valence electrons. The summed E-state index contributed by atoms with van der Waals surface area (Å²) < 4.78 is 21.4. The topological polar surface area (TPSA) is 201 Å². The molecule has 0 aliphatic carbocycles. The highest BCUT2D eigenvalue weighted by Crippen LogP contribution is 2.29. The minimum atomic E-state index is -0.722. The van der Waals surface area contributed by atoms with Crippen molar-refractivity contribution < 1.29 is 48.3 Å². The van der Waals surface area contributed by atoms with Crippen LogP contribution < -0.4 is 5.32 Å². The summed E-state index contributed by atoms with van der Waals surface area (Å²) in [7, 11) is 0. The zero-order valence-corrected chi connectivity index (χ0v) is 20.0. The molecular formula is C21H29N5O11. The minimum Gasteiger partial charge on any atom is -0.394 e. The highest BCUT2D eigenvalue weighted by atomic mass is 16.7. The summed E-state index contributed by atoms with van der Waals surface area (Å²) in [6.45, 7) is 2.73. The standard InChI is InChI=1S/C21H29N5O11/c27-19-3-4-20(28)25(19)37-21(29)5-7-33-9-11-35-13-14-36-12-10-34-8-6-22-17-2-1-16(26(31)32)15-18(17)23-24-30/h1-2,15,22H,3-14H2,(H,23,30). The summed E-state index contributed by atoms with van der Waals surface area (Å²) >= 11 is 0. The Hall–Kier alpha value is -3.73. The first-order valence-electron chi connectivity index (χ1n) is 11.4. The lowest BCUT2D eigenvalue weighted by molar-refractivity contribution is -0.384. The number of non-ortho nitro benzene ring substituents is 1. The van der Waals surface area contributed by atoms with Gasteiger partial charge in [-0.2, -0.15) is 0 Å². The molecule has 16 nitrogen and oxygen atoms in total. The predicted octanol–water partition coefficient (Wildman–Crippen LogP) is 1.54. The molecule has 1 aliphatic heterocycles. The molecule has 0 saturated carbocycles. The van der Waals surface area contributed by atoms with Crippen molar-refractivity contribution >= 4 is 34.8 Å². The maximum atomic E-state index is 11.6. The van der Waals surface area contributed by atoms with Crippen LogP contribution in [0, 0.1) is 10.1 Å². The van der Waals surface area contributed by atoms with E-state index in [-0.39, 0.29) is 43.9 Å². The minimum absolute atomic E-state index is 0.0439. The number of nitrogens with one attached hydrogen (secondary N) is 1. The van der Waals surface area contributed by atoms with Crippen molar-refractivity contribution in [1.29, 1.82) is 0 Å². The molecule has 0 unspecified atom stereocenters. The summed E-state index contributed by atoms with van der Waals surface area (Å²) in [5, 5.41) is 29.0. The molecule has 2 N–H and O–H groups in total. The predicted molar refractivity (Wildman–Crippen MR) is 123 cm³/mol. The molecule has 1 saturated heterocycles. The molecule has 16 heteroatoms.